The zero-order valence-corrected chi connectivity index (χ0v) is 14.5. The molecule has 0 saturated carbocycles. The van der Waals surface area contributed by atoms with Gasteiger partial charge in [0.2, 0.25) is 11.7 Å². The van der Waals surface area contributed by atoms with E-state index >= 15 is 0 Å². The average Bonchev–Trinajstić information content (AvgIpc) is 2.89. The molecule has 3 rings (SSSR count). The molecule has 0 unspecified atom stereocenters. The summed E-state index contributed by atoms with van der Waals surface area (Å²) in [5.41, 5.74) is -0.0741. The Balaban J connectivity index is 2.09. The molecule has 8 nitrogen and oxygen atoms in total. The van der Waals surface area contributed by atoms with Gasteiger partial charge in [-0.05, 0) is 25.5 Å². The topological polar surface area (TPSA) is 90.4 Å². The van der Waals surface area contributed by atoms with Gasteiger partial charge in [0.25, 0.3) is 5.56 Å². The van der Waals surface area contributed by atoms with Crippen LogP contribution in [0.25, 0.3) is 16.7 Å². The van der Waals surface area contributed by atoms with E-state index < -0.39 is 0 Å². The predicted molar refractivity (Wildman–Crippen MR) is 94.7 cm³/mol. The molecule has 0 radical (unpaired) electrons. The van der Waals surface area contributed by atoms with E-state index in [1.54, 1.807) is 24.3 Å². The minimum atomic E-state index is -0.330. The normalized spacial score (nSPS) is 12.6. The van der Waals surface area contributed by atoms with E-state index in [-0.39, 0.29) is 41.9 Å². The fourth-order valence-electron chi connectivity index (χ4n) is 2.79. The van der Waals surface area contributed by atoms with Crippen molar-refractivity contribution in [3.63, 3.8) is 0 Å². The van der Waals surface area contributed by atoms with Gasteiger partial charge in [0.1, 0.15) is 0 Å². The molecule has 0 aliphatic carbocycles. The van der Waals surface area contributed by atoms with Crippen molar-refractivity contribution in [2.45, 2.75) is 39.3 Å². The molecule has 0 bridgehead atoms. The van der Waals surface area contributed by atoms with E-state index in [0.717, 1.165) is 6.42 Å². The van der Waals surface area contributed by atoms with Gasteiger partial charge < -0.3 is 5.32 Å². The van der Waals surface area contributed by atoms with Gasteiger partial charge >= 0.3 is 5.69 Å². The summed E-state index contributed by atoms with van der Waals surface area (Å²) in [7, 11) is 1.54. The van der Waals surface area contributed by atoms with E-state index in [4.69, 9.17) is 0 Å². The van der Waals surface area contributed by atoms with Crippen molar-refractivity contribution in [3.05, 3.63) is 45.1 Å². The van der Waals surface area contributed by atoms with Crippen LogP contribution in [0.5, 0.6) is 0 Å². The lowest BCUT2D eigenvalue weighted by atomic mass is 10.2. The van der Waals surface area contributed by atoms with Gasteiger partial charge in [0.05, 0.1) is 10.9 Å². The number of para-hydroxylation sites is 1. The molecule has 2 heterocycles. The second-order valence-electron chi connectivity index (χ2n) is 6.14. The first-order chi connectivity index (χ1) is 11.9. The summed E-state index contributed by atoms with van der Waals surface area (Å²) in [4.78, 5) is 37.3. The summed E-state index contributed by atoms with van der Waals surface area (Å²) in [5, 5.41) is 7.47. The van der Waals surface area contributed by atoms with Crippen LogP contribution in [0.3, 0.4) is 0 Å². The lowest BCUT2D eigenvalue weighted by molar-refractivity contribution is -0.121. The number of nitrogens with zero attached hydrogens (tertiary/aromatic N) is 4. The Morgan fingerprint density at radius 2 is 2.00 bits per heavy atom. The van der Waals surface area contributed by atoms with E-state index in [2.05, 4.69) is 10.4 Å². The number of carbonyl (C=O) groups is 1. The maximum absolute atomic E-state index is 12.8. The minimum absolute atomic E-state index is 0.0818. The van der Waals surface area contributed by atoms with Crippen LogP contribution in [0.1, 0.15) is 26.7 Å². The number of aryl methyl sites for hydroxylation is 2. The number of benzene rings is 1. The molecule has 0 spiro atoms. The highest BCUT2D eigenvalue weighted by molar-refractivity contribution is 5.80. The summed E-state index contributed by atoms with van der Waals surface area (Å²) in [6, 6.07) is 6.99. The van der Waals surface area contributed by atoms with Gasteiger partial charge in [-0.2, -0.15) is 0 Å². The van der Waals surface area contributed by atoms with E-state index in [1.807, 2.05) is 13.8 Å². The first-order valence-corrected chi connectivity index (χ1v) is 8.30. The summed E-state index contributed by atoms with van der Waals surface area (Å²) in [5.74, 6) is 0.110. The van der Waals surface area contributed by atoms with Crippen LogP contribution in [-0.4, -0.2) is 30.7 Å². The molecular formula is C17H21N5O3. The van der Waals surface area contributed by atoms with Crippen molar-refractivity contribution in [3.8, 4) is 0 Å². The molecule has 1 amide bonds. The molecule has 25 heavy (non-hydrogen) atoms. The van der Waals surface area contributed by atoms with E-state index in [1.165, 1.54) is 20.7 Å². The lowest BCUT2D eigenvalue weighted by Crippen LogP contribution is -2.34. The largest absolute Gasteiger partial charge is 0.354 e. The monoisotopic (exact) mass is 343 g/mol. The standard InChI is InChI=1S/C17H21N5O3/c1-4-11(2)18-14(23)9-10-21-15(24)12-7-5-6-8-13(12)22-16(21)19-20(3)17(22)25/h5-8,11H,4,9-10H2,1-3H3,(H,18,23)/t11-/m0/s1. The summed E-state index contributed by atoms with van der Waals surface area (Å²) < 4.78 is 3.99. The molecule has 1 atom stereocenters. The van der Waals surface area contributed by atoms with Gasteiger partial charge in [-0.25, -0.2) is 13.9 Å². The predicted octanol–water partition coefficient (Wildman–Crippen LogP) is 0.653. The van der Waals surface area contributed by atoms with Crippen molar-refractivity contribution >= 4 is 22.6 Å². The molecule has 132 valence electrons. The molecule has 3 aromatic rings. The molecule has 0 aliphatic heterocycles. The van der Waals surface area contributed by atoms with Crippen LogP contribution in [0.15, 0.2) is 33.9 Å². The highest BCUT2D eigenvalue weighted by Crippen LogP contribution is 2.10. The Kier molecular flexibility index (Phi) is 4.43. The Morgan fingerprint density at radius 3 is 2.72 bits per heavy atom. The molecule has 0 saturated heterocycles. The van der Waals surface area contributed by atoms with Crippen molar-refractivity contribution < 1.29 is 4.79 Å². The van der Waals surface area contributed by atoms with Crippen LogP contribution in [0.2, 0.25) is 0 Å². The number of fused-ring (bicyclic) bond motifs is 3. The summed E-state index contributed by atoms with van der Waals surface area (Å²) >= 11 is 0. The van der Waals surface area contributed by atoms with Crippen LogP contribution in [0.4, 0.5) is 0 Å². The molecule has 1 N–H and O–H groups in total. The number of nitrogens with one attached hydrogen (secondary N) is 1. The zero-order valence-electron chi connectivity index (χ0n) is 14.5. The fourth-order valence-corrected chi connectivity index (χ4v) is 2.79. The van der Waals surface area contributed by atoms with Gasteiger partial charge in [-0.1, -0.05) is 19.1 Å². The van der Waals surface area contributed by atoms with Gasteiger partial charge in [-0.3, -0.25) is 14.2 Å². The van der Waals surface area contributed by atoms with Crippen molar-refractivity contribution in [1.82, 2.24) is 24.1 Å². The smallest absolute Gasteiger partial charge is 0.351 e. The lowest BCUT2D eigenvalue weighted by Gasteiger charge is -2.12. The van der Waals surface area contributed by atoms with Crippen LogP contribution in [0, 0.1) is 0 Å². The van der Waals surface area contributed by atoms with Crippen molar-refractivity contribution in [2.24, 2.45) is 7.05 Å². The Bertz CT molecular complexity index is 1060. The maximum Gasteiger partial charge on any atom is 0.351 e. The maximum atomic E-state index is 12.8. The number of hydrogen-bond donors (Lipinski definition) is 1. The van der Waals surface area contributed by atoms with Gasteiger partial charge in [0, 0.05) is 26.1 Å². The Morgan fingerprint density at radius 1 is 1.28 bits per heavy atom. The van der Waals surface area contributed by atoms with Crippen molar-refractivity contribution in [2.75, 3.05) is 0 Å². The Hall–Kier alpha value is -2.90. The molecule has 1 aromatic carbocycles. The third-order valence-electron chi connectivity index (χ3n) is 4.35. The quantitative estimate of drug-likeness (QED) is 0.736. The molecular weight excluding hydrogens is 322 g/mol. The van der Waals surface area contributed by atoms with E-state index in [0.29, 0.717) is 10.9 Å². The number of aromatic nitrogens is 4. The first kappa shape index (κ1) is 16.9. The van der Waals surface area contributed by atoms with Gasteiger partial charge in [-0.15, -0.1) is 5.10 Å². The first-order valence-electron chi connectivity index (χ1n) is 8.30. The number of carbonyl (C=O) groups excluding carboxylic acids is 1. The highest BCUT2D eigenvalue weighted by Gasteiger charge is 2.16. The third kappa shape index (κ3) is 2.95. The minimum Gasteiger partial charge on any atom is -0.354 e. The summed E-state index contributed by atoms with van der Waals surface area (Å²) in [6.45, 7) is 4.07. The van der Waals surface area contributed by atoms with Crippen LogP contribution in [-0.2, 0) is 18.4 Å². The second-order valence-corrected chi connectivity index (χ2v) is 6.14. The number of rotatable bonds is 5. The Labute approximate surface area is 143 Å². The molecule has 0 aliphatic rings. The average molecular weight is 343 g/mol. The molecule has 0 fully saturated rings. The van der Waals surface area contributed by atoms with Crippen LogP contribution >= 0.6 is 0 Å². The molecule has 8 heteroatoms. The van der Waals surface area contributed by atoms with E-state index in [9.17, 15) is 14.4 Å². The second kappa shape index (κ2) is 6.54. The van der Waals surface area contributed by atoms with Crippen molar-refractivity contribution in [1.29, 1.82) is 0 Å². The third-order valence-corrected chi connectivity index (χ3v) is 4.35. The summed E-state index contributed by atoms with van der Waals surface area (Å²) in [6.07, 6.45) is 0.977. The molecule has 2 aromatic heterocycles. The van der Waals surface area contributed by atoms with Gasteiger partial charge in [0.15, 0.2) is 0 Å². The fraction of sp³-hybridized carbons (Fsp3) is 0.412. The number of hydrogen-bond acceptors (Lipinski definition) is 4. The zero-order chi connectivity index (χ0) is 18.1. The highest BCUT2D eigenvalue weighted by atomic mass is 16.2. The SMILES string of the molecule is CC[C@H](C)NC(=O)CCn1c(=O)c2ccccc2n2c(=O)n(C)nc12. The number of amides is 1. The van der Waals surface area contributed by atoms with Crippen LogP contribution < -0.4 is 16.6 Å².